The van der Waals surface area contributed by atoms with Crippen molar-refractivity contribution in [1.82, 2.24) is 30.4 Å². The molecule has 1 saturated heterocycles. The van der Waals surface area contributed by atoms with Crippen molar-refractivity contribution >= 4 is 28.9 Å². The Morgan fingerprint density at radius 3 is 2.32 bits per heavy atom. The number of unbranched alkanes of at least 4 members (excludes halogenated alkanes) is 2. The molecule has 252 valence electrons. The van der Waals surface area contributed by atoms with Crippen molar-refractivity contribution in [2.75, 3.05) is 25.4 Å². The Hall–Kier alpha value is -4.93. The van der Waals surface area contributed by atoms with Gasteiger partial charge in [0.2, 0.25) is 5.91 Å². The molecule has 0 aliphatic carbocycles. The minimum absolute atomic E-state index is 0.131. The molecule has 0 spiro atoms. The van der Waals surface area contributed by atoms with E-state index in [0.717, 1.165) is 73.3 Å². The zero-order valence-electron chi connectivity index (χ0n) is 28.3. The second-order valence-electron chi connectivity index (χ2n) is 11.7. The predicted molar refractivity (Wildman–Crippen MR) is 187 cm³/mol. The van der Waals surface area contributed by atoms with Gasteiger partial charge in [0, 0.05) is 25.2 Å². The fourth-order valence-corrected chi connectivity index (χ4v) is 4.70. The van der Waals surface area contributed by atoms with Crippen LogP contribution in [0, 0.1) is 0 Å². The van der Waals surface area contributed by atoms with Crippen LogP contribution in [0.3, 0.4) is 0 Å². The van der Waals surface area contributed by atoms with E-state index in [1.165, 1.54) is 12.7 Å². The van der Waals surface area contributed by atoms with E-state index in [4.69, 9.17) is 15.2 Å². The fraction of sp³-hybridized carbons (Fsp3) is 0.417. The van der Waals surface area contributed by atoms with Crippen LogP contribution < -0.4 is 15.8 Å². The zero-order valence-corrected chi connectivity index (χ0v) is 28.3. The van der Waals surface area contributed by atoms with Gasteiger partial charge in [0.25, 0.3) is 0 Å². The number of carbonyl (C=O) groups is 2. The molecule has 47 heavy (non-hydrogen) atoms. The topological polar surface area (TPSA) is 148 Å². The number of nitrogens with one attached hydrogen (secondary N) is 2. The first-order valence-electron chi connectivity index (χ1n) is 16.4. The number of carbonyl (C=O) groups excluding carboxylic acids is 2. The maximum Gasteiger partial charge on any atom is 0.407 e. The monoisotopic (exact) mass is 643 g/mol. The second kappa shape index (κ2) is 18.9. The molecule has 1 fully saturated rings. The number of rotatable bonds is 9. The summed E-state index contributed by atoms with van der Waals surface area (Å²) >= 11 is 0. The van der Waals surface area contributed by atoms with Crippen LogP contribution in [0.25, 0.3) is 22.3 Å². The summed E-state index contributed by atoms with van der Waals surface area (Å²) in [6.07, 6.45) is 10.8. The number of piperidine rings is 1. The number of nitrogen functional groups attached to an aromatic ring is 1. The molecule has 1 aliphatic rings. The van der Waals surface area contributed by atoms with Gasteiger partial charge in [0.15, 0.2) is 5.65 Å². The summed E-state index contributed by atoms with van der Waals surface area (Å²) < 4.78 is 10.9. The van der Waals surface area contributed by atoms with E-state index in [1.807, 2.05) is 100 Å². The maximum atomic E-state index is 11.9. The summed E-state index contributed by atoms with van der Waals surface area (Å²) in [7, 11) is 0. The van der Waals surface area contributed by atoms with E-state index in [2.05, 4.69) is 25.5 Å². The standard InChI is InChI=1S/C17H13N5O.C17H30N2O3.C2H6/c18-16-14-15(21-22-17(14)20-10-19-16)11-6-8-13(9-7-11)23-12-4-2-1-3-5-12;1-17(2,3)22-16(21)18-12-8-5-4-7-11-15(20)19-13-9-6-10-14-19;1-2/h1-10H,(H3,18,19,20,21,22);7,11H,4-6,8-10,12-14H2,1-3H3,(H,18,21);1-2H3/b;11-7+;. The van der Waals surface area contributed by atoms with Gasteiger partial charge in [0.1, 0.15) is 29.2 Å². The molecule has 1 aliphatic heterocycles. The number of H-pyrrole nitrogens is 1. The Morgan fingerprint density at radius 1 is 0.957 bits per heavy atom. The number of benzene rings is 2. The van der Waals surface area contributed by atoms with Gasteiger partial charge < -0.3 is 25.4 Å². The number of aromatic nitrogens is 4. The molecule has 0 unspecified atom stereocenters. The lowest BCUT2D eigenvalue weighted by atomic mass is 10.1. The van der Waals surface area contributed by atoms with Crippen LogP contribution in [-0.2, 0) is 9.53 Å². The molecular weight excluding hydrogens is 594 g/mol. The number of hydrogen-bond acceptors (Lipinski definition) is 8. The predicted octanol–water partition coefficient (Wildman–Crippen LogP) is 7.67. The molecule has 0 saturated carbocycles. The molecular formula is C36H49N7O4. The first kappa shape index (κ1) is 36.5. The smallest absolute Gasteiger partial charge is 0.407 e. The lowest BCUT2D eigenvalue weighted by molar-refractivity contribution is -0.126. The Balaban J connectivity index is 0.000000243. The van der Waals surface area contributed by atoms with Crippen LogP contribution in [0.1, 0.15) is 73.1 Å². The number of likely N-dealkylation sites (tertiary alicyclic amines) is 1. The molecule has 11 heteroatoms. The average Bonchev–Trinajstić information content (AvgIpc) is 3.51. The van der Waals surface area contributed by atoms with E-state index in [-0.39, 0.29) is 12.0 Å². The fourth-order valence-electron chi connectivity index (χ4n) is 4.70. The van der Waals surface area contributed by atoms with Gasteiger partial charge in [-0.05, 0) is 102 Å². The van der Waals surface area contributed by atoms with E-state index >= 15 is 0 Å². The molecule has 11 nitrogen and oxygen atoms in total. The van der Waals surface area contributed by atoms with Crippen molar-refractivity contribution in [3.63, 3.8) is 0 Å². The quantitative estimate of drug-likeness (QED) is 0.124. The number of fused-ring (bicyclic) bond motifs is 1. The molecule has 2 amide bonds. The SMILES string of the molecule is CC.CC(C)(C)OC(=O)NCCCC/C=C/C(=O)N1CCCCC1.Nc1ncnc2n[nH]c(-c3ccc(Oc4ccccc4)cc3)c12. The van der Waals surface area contributed by atoms with Gasteiger partial charge in [0.05, 0.1) is 11.1 Å². The largest absolute Gasteiger partial charge is 0.457 e. The van der Waals surface area contributed by atoms with Crippen LogP contribution >= 0.6 is 0 Å². The number of hydrogen-bond donors (Lipinski definition) is 3. The van der Waals surface area contributed by atoms with Crippen LogP contribution in [0.5, 0.6) is 11.5 Å². The highest BCUT2D eigenvalue weighted by atomic mass is 16.6. The third kappa shape index (κ3) is 12.4. The van der Waals surface area contributed by atoms with Crippen molar-refractivity contribution in [3.8, 4) is 22.8 Å². The van der Waals surface area contributed by atoms with E-state index in [0.29, 0.717) is 18.0 Å². The van der Waals surface area contributed by atoms with Gasteiger partial charge in [-0.2, -0.15) is 5.10 Å². The van der Waals surface area contributed by atoms with Crippen molar-refractivity contribution in [1.29, 1.82) is 0 Å². The molecule has 3 heterocycles. The highest BCUT2D eigenvalue weighted by Crippen LogP contribution is 2.30. The van der Waals surface area contributed by atoms with Crippen LogP contribution in [0.15, 0.2) is 73.1 Å². The summed E-state index contributed by atoms with van der Waals surface area (Å²) in [5, 5.41) is 10.6. The number of aromatic amines is 1. The van der Waals surface area contributed by atoms with Crippen molar-refractivity contribution < 1.29 is 19.1 Å². The first-order chi connectivity index (χ1) is 22.7. The number of para-hydroxylation sites is 1. The number of alkyl carbamates (subject to hydrolysis) is 1. The summed E-state index contributed by atoms with van der Waals surface area (Å²) in [6, 6.07) is 17.3. The number of nitrogens with zero attached hydrogens (tertiary/aromatic N) is 4. The average molecular weight is 644 g/mol. The van der Waals surface area contributed by atoms with Crippen LogP contribution in [-0.4, -0.2) is 62.3 Å². The van der Waals surface area contributed by atoms with E-state index in [9.17, 15) is 9.59 Å². The molecule has 2 aromatic carbocycles. The Bertz CT molecular complexity index is 1540. The van der Waals surface area contributed by atoms with Crippen LogP contribution in [0.2, 0.25) is 0 Å². The van der Waals surface area contributed by atoms with Gasteiger partial charge in [-0.15, -0.1) is 0 Å². The third-order valence-corrected chi connectivity index (χ3v) is 6.90. The summed E-state index contributed by atoms with van der Waals surface area (Å²) in [5.74, 6) is 2.09. The second-order valence-corrected chi connectivity index (χ2v) is 11.7. The molecule has 0 radical (unpaired) electrons. The molecule has 0 atom stereocenters. The molecule has 4 aromatic rings. The van der Waals surface area contributed by atoms with Crippen molar-refractivity contribution in [2.45, 2.75) is 78.7 Å². The van der Waals surface area contributed by atoms with Gasteiger partial charge in [-0.25, -0.2) is 14.8 Å². The number of nitrogens with two attached hydrogens (primary N) is 1. The van der Waals surface area contributed by atoms with Gasteiger partial charge in [-0.1, -0.05) is 38.1 Å². The van der Waals surface area contributed by atoms with Crippen molar-refractivity contribution in [2.24, 2.45) is 0 Å². The van der Waals surface area contributed by atoms with Crippen molar-refractivity contribution in [3.05, 3.63) is 73.1 Å². The Labute approximate surface area is 278 Å². The number of anilines is 1. The van der Waals surface area contributed by atoms with Crippen LogP contribution in [0.4, 0.5) is 10.6 Å². The molecule has 4 N–H and O–H groups in total. The summed E-state index contributed by atoms with van der Waals surface area (Å²) in [5.41, 5.74) is 7.77. The minimum atomic E-state index is -0.457. The Kier molecular flexibility index (Phi) is 14.7. The number of amides is 2. The van der Waals surface area contributed by atoms with E-state index in [1.54, 1.807) is 6.08 Å². The lowest BCUT2D eigenvalue weighted by Crippen LogP contribution is -2.34. The Morgan fingerprint density at radius 2 is 1.64 bits per heavy atom. The number of ether oxygens (including phenoxy) is 2. The summed E-state index contributed by atoms with van der Waals surface area (Å²) in [6.45, 7) is 11.9. The van der Waals surface area contributed by atoms with Gasteiger partial charge in [-0.3, -0.25) is 9.89 Å². The van der Waals surface area contributed by atoms with E-state index < -0.39 is 5.60 Å². The molecule has 2 aromatic heterocycles. The zero-order chi connectivity index (χ0) is 34.1. The minimum Gasteiger partial charge on any atom is -0.457 e. The van der Waals surface area contributed by atoms with Gasteiger partial charge >= 0.3 is 6.09 Å². The molecule has 5 rings (SSSR count). The normalized spacial score (nSPS) is 12.8. The molecule has 0 bridgehead atoms. The summed E-state index contributed by atoms with van der Waals surface area (Å²) in [4.78, 5) is 33.3. The lowest BCUT2D eigenvalue weighted by Gasteiger charge is -2.25. The maximum absolute atomic E-state index is 11.9. The highest BCUT2D eigenvalue weighted by Gasteiger charge is 2.16. The number of allylic oxidation sites excluding steroid dienone is 1. The first-order valence-corrected chi connectivity index (χ1v) is 16.4. The third-order valence-electron chi connectivity index (χ3n) is 6.90. The highest BCUT2D eigenvalue weighted by molar-refractivity contribution is 5.97.